The highest BCUT2D eigenvalue weighted by Crippen LogP contribution is 2.37. The van der Waals surface area contributed by atoms with E-state index in [2.05, 4.69) is 6.92 Å². The normalized spacial score (nSPS) is 17.4. The van der Waals surface area contributed by atoms with Crippen LogP contribution in [0.3, 0.4) is 0 Å². The molecule has 0 saturated carbocycles. The maximum atomic E-state index is 13.1. The minimum atomic E-state index is 0.0507. The summed E-state index contributed by atoms with van der Waals surface area (Å²) in [4.78, 5) is 17.2. The molecular weight excluding hydrogens is 388 g/mol. The molecule has 1 fully saturated rings. The molecule has 156 valence electrons. The van der Waals surface area contributed by atoms with Crippen LogP contribution < -0.4 is 9.47 Å². The number of likely N-dealkylation sites (tertiary alicyclic amines) is 1. The number of halogens is 1. The highest BCUT2D eigenvalue weighted by atomic mass is 35.5. The molecule has 0 spiro atoms. The fraction of sp³-hybridized carbons (Fsp3) is 0.435. The molecule has 0 N–H and O–H groups in total. The van der Waals surface area contributed by atoms with Gasteiger partial charge in [0, 0.05) is 17.6 Å². The van der Waals surface area contributed by atoms with Crippen molar-refractivity contribution in [3.63, 3.8) is 0 Å². The molecule has 0 bridgehead atoms. The molecule has 5 nitrogen and oxygen atoms in total. The van der Waals surface area contributed by atoms with Crippen molar-refractivity contribution in [3.05, 3.63) is 58.6 Å². The summed E-state index contributed by atoms with van der Waals surface area (Å²) in [6, 6.07) is 13.8. The Morgan fingerprint density at radius 2 is 1.93 bits per heavy atom. The van der Waals surface area contributed by atoms with Crippen molar-refractivity contribution < 1.29 is 14.3 Å². The van der Waals surface area contributed by atoms with Gasteiger partial charge >= 0.3 is 0 Å². The summed E-state index contributed by atoms with van der Waals surface area (Å²) < 4.78 is 10.8. The van der Waals surface area contributed by atoms with Crippen LogP contribution in [0.15, 0.2) is 42.5 Å². The molecule has 2 aromatic carbocycles. The Kier molecular flexibility index (Phi) is 7.04. The van der Waals surface area contributed by atoms with Crippen LogP contribution in [0.2, 0.25) is 5.02 Å². The Morgan fingerprint density at radius 3 is 2.62 bits per heavy atom. The first kappa shape index (κ1) is 21.5. The van der Waals surface area contributed by atoms with Crippen LogP contribution in [0.25, 0.3) is 0 Å². The molecule has 0 aliphatic carbocycles. The second kappa shape index (κ2) is 9.51. The molecule has 3 rings (SSSR count). The van der Waals surface area contributed by atoms with Gasteiger partial charge in [-0.05, 0) is 56.1 Å². The number of nitrogens with zero attached hydrogens (tertiary/aromatic N) is 2. The standard InChI is InChI=1S/C23H29ClN2O3/c1-16(18-8-5-6-9-19(18)24)25(2)15-23(27)26-13-7-10-20(26)17-11-12-21(28-3)22(14-17)29-4/h5-6,8-9,11-12,14,16,20H,7,10,13,15H2,1-4H3. The summed E-state index contributed by atoms with van der Waals surface area (Å²) in [7, 11) is 5.22. The van der Waals surface area contributed by atoms with E-state index in [0.29, 0.717) is 18.0 Å². The van der Waals surface area contributed by atoms with Gasteiger partial charge in [0.2, 0.25) is 5.91 Å². The smallest absolute Gasteiger partial charge is 0.237 e. The topological polar surface area (TPSA) is 42.0 Å². The summed E-state index contributed by atoms with van der Waals surface area (Å²) >= 11 is 6.34. The zero-order valence-electron chi connectivity index (χ0n) is 17.5. The molecule has 1 heterocycles. The first-order valence-corrected chi connectivity index (χ1v) is 10.3. The van der Waals surface area contributed by atoms with Crippen LogP contribution in [0.1, 0.15) is 43.0 Å². The Hall–Kier alpha value is -2.24. The lowest BCUT2D eigenvalue weighted by Crippen LogP contribution is -2.39. The van der Waals surface area contributed by atoms with Gasteiger partial charge in [-0.1, -0.05) is 35.9 Å². The van der Waals surface area contributed by atoms with E-state index in [0.717, 1.165) is 35.5 Å². The van der Waals surface area contributed by atoms with Crippen molar-refractivity contribution in [2.24, 2.45) is 0 Å². The fourth-order valence-corrected chi connectivity index (χ4v) is 4.26. The lowest BCUT2D eigenvalue weighted by atomic mass is 10.0. The zero-order valence-corrected chi connectivity index (χ0v) is 18.3. The van der Waals surface area contributed by atoms with E-state index in [9.17, 15) is 4.79 Å². The van der Waals surface area contributed by atoms with Crippen LogP contribution in [0.5, 0.6) is 11.5 Å². The predicted octanol–water partition coefficient (Wildman–Crippen LogP) is 4.71. The molecular formula is C23H29ClN2O3. The van der Waals surface area contributed by atoms with Crippen molar-refractivity contribution >= 4 is 17.5 Å². The minimum Gasteiger partial charge on any atom is -0.493 e. The number of carbonyl (C=O) groups excluding carboxylic acids is 1. The van der Waals surface area contributed by atoms with Gasteiger partial charge in [0.05, 0.1) is 26.8 Å². The van der Waals surface area contributed by atoms with Gasteiger partial charge in [0.15, 0.2) is 11.5 Å². The van der Waals surface area contributed by atoms with Crippen molar-refractivity contribution in [2.45, 2.75) is 31.8 Å². The molecule has 1 amide bonds. The molecule has 0 radical (unpaired) electrons. The number of carbonyl (C=O) groups is 1. The Bertz CT molecular complexity index is 858. The maximum Gasteiger partial charge on any atom is 0.237 e. The number of methoxy groups -OCH3 is 2. The average molecular weight is 417 g/mol. The summed E-state index contributed by atoms with van der Waals surface area (Å²) in [6.07, 6.45) is 1.94. The van der Waals surface area contributed by atoms with Gasteiger partial charge in [-0.2, -0.15) is 0 Å². The molecule has 2 aromatic rings. The summed E-state index contributed by atoms with van der Waals surface area (Å²) in [5, 5.41) is 0.726. The second-order valence-corrected chi connectivity index (χ2v) is 7.88. The van der Waals surface area contributed by atoms with Gasteiger partial charge < -0.3 is 14.4 Å². The maximum absolute atomic E-state index is 13.1. The van der Waals surface area contributed by atoms with Crippen molar-refractivity contribution in [1.29, 1.82) is 0 Å². The molecule has 6 heteroatoms. The lowest BCUT2D eigenvalue weighted by Gasteiger charge is -2.30. The number of rotatable bonds is 7. The van der Waals surface area contributed by atoms with E-state index >= 15 is 0 Å². The van der Waals surface area contributed by atoms with Crippen molar-refractivity contribution in [1.82, 2.24) is 9.80 Å². The third-order valence-electron chi connectivity index (χ3n) is 5.77. The van der Waals surface area contributed by atoms with Crippen LogP contribution >= 0.6 is 11.6 Å². The zero-order chi connectivity index (χ0) is 21.0. The molecule has 2 atom stereocenters. The Labute approximate surface area is 178 Å². The summed E-state index contributed by atoms with van der Waals surface area (Å²) in [5.41, 5.74) is 2.11. The SMILES string of the molecule is COc1ccc(C2CCCN2C(=O)CN(C)C(C)c2ccccc2Cl)cc1OC. The fourth-order valence-electron chi connectivity index (χ4n) is 3.96. The van der Waals surface area contributed by atoms with Crippen LogP contribution in [-0.2, 0) is 4.79 Å². The van der Waals surface area contributed by atoms with E-state index in [1.807, 2.05) is 59.3 Å². The number of ether oxygens (including phenoxy) is 2. The molecule has 29 heavy (non-hydrogen) atoms. The van der Waals surface area contributed by atoms with Gasteiger partial charge in [0.25, 0.3) is 0 Å². The molecule has 1 aliphatic rings. The number of likely N-dealkylation sites (N-methyl/N-ethyl adjacent to an activating group) is 1. The van der Waals surface area contributed by atoms with Crippen LogP contribution in [0.4, 0.5) is 0 Å². The highest BCUT2D eigenvalue weighted by Gasteiger charge is 2.31. The van der Waals surface area contributed by atoms with Gasteiger partial charge in [-0.25, -0.2) is 0 Å². The lowest BCUT2D eigenvalue weighted by molar-refractivity contribution is -0.133. The van der Waals surface area contributed by atoms with E-state index < -0.39 is 0 Å². The van der Waals surface area contributed by atoms with E-state index in [1.54, 1.807) is 14.2 Å². The monoisotopic (exact) mass is 416 g/mol. The summed E-state index contributed by atoms with van der Waals surface area (Å²) in [6.45, 7) is 3.19. The second-order valence-electron chi connectivity index (χ2n) is 7.47. The third-order valence-corrected chi connectivity index (χ3v) is 6.11. The van der Waals surface area contributed by atoms with Gasteiger partial charge in [-0.15, -0.1) is 0 Å². The van der Waals surface area contributed by atoms with Gasteiger partial charge in [0.1, 0.15) is 0 Å². The number of benzene rings is 2. The molecule has 2 unspecified atom stereocenters. The quantitative estimate of drug-likeness (QED) is 0.655. The van der Waals surface area contributed by atoms with E-state index in [1.165, 1.54) is 0 Å². The number of hydrogen-bond donors (Lipinski definition) is 0. The average Bonchev–Trinajstić information content (AvgIpc) is 3.23. The first-order valence-electron chi connectivity index (χ1n) is 9.92. The minimum absolute atomic E-state index is 0.0507. The predicted molar refractivity (Wildman–Crippen MR) is 116 cm³/mol. The van der Waals surface area contributed by atoms with E-state index in [-0.39, 0.29) is 18.0 Å². The Balaban J connectivity index is 1.72. The highest BCUT2D eigenvalue weighted by molar-refractivity contribution is 6.31. The number of hydrogen-bond acceptors (Lipinski definition) is 4. The largest absolute Gasteiger partial charge is 0.493 e. The molecule has 1 saturated heterocycles. The third kappa shape index (κ3) is 4.68. The molecule has 1 aliphatic heterocycles. The summed E-state index contributed by atoms with van der Waals surface area (Å²) in [5.74, 6) is 1.51. The van der Waals surface area contributed by atoms with Crippen molar-refractivity contribution in [2.75, 3.05) is 34.4 Å². The van der Waals surface area contributed by atoms with Crippen molar-refractivity contribution in [3.8, 4) is 11.5 Å². The van der Waals surface area contributed by atoms with E-state index in [4.69, 9.17) is 21.1 Å². The van der Waals surface area contributed by atoms with Gasteiger partial charge in [-0.3, -0.25) is 9.69 Å². The molecule has 0 aromatic heterocycles. The first-order chi connectivity index (χ1) is 14.0. The Morgan fingerprint density at radius 1 is 1.21 bits per heavy atom. The van der Waals surface area contributed by atoms with Crippen LogP contribution in [-0.4, -0.2) is 50.1 Å². The van der Waals surface area contributed by atoms with Crippen LogP contribution in [0, 0.1) is 0 Å². The number of amides is 1.